The van der Waals surface area contributed by atoms with Gasteiger partial charge in [0, 0.05) is 25.6 Å². The van der Waals surface area contributed by atoms with Gasteiger partial charge in [-0.05, 0) is 37.0 Å². The summed E-state index contributed by atoms with van der Waals surface area (Å²) in [5.41, 5.74) is 0.604. The Labute approximate surface area is 153 Å². The van der Waals surface area contributed by atoms with E-state index < -0.39 is 10.0 Å². The Balaban J connectivity index is 1.94. The van der Waals surface area contributed by atoms with Gasteiger partial charge in [-0.3, -0.25) is 4.79 Å². The van der Waals surface area contributed by atoms with Crippen LogP contribution in [0, 0.1) is 5.92 Å². The quantitative estimate of drug-likeness (QED) is 0.808. The predicted octanol–water partition coefficient (Wildman–Crippen LogP) is 3.06. The largest absolute Gasteiger partial charge is 0.356 e. The molecule has 8 heteroatoms. The van der Waals surface area contributed by atoms with Crippen molar-refractivity contribution < 1.29 is 13.2 Å². The lowest BCUT2D eigenvalue weighted by molar-refractivity contribution is -0.126. The second kappa shape index (κ2) is 8.52. The van der Waals surface area contributed by atoms with Crippen LogP contribution < -0.4 is 5.32 Å². The van der Waals surface area contributed by atoms with Crippen LogP contribution in [0.25, 0.3) is 0 Å². The standard InChI is InChI=1S/C16H22Cl2N2O3S/c1-2-7-19-16(21)13-5-8-20(9-6-13)24(22,23)11-12-3-4-14(17)15(18)10-12/h3-4,10,13H,2,5-9,11H2,1H3,(H,19,21). The van der Waals surface area contributed by atoms with E-state index in [9.17, 15) is 13.2 Å². The number of hydrogen-bond donors (Lipinski definition) is 1. The van der Waals surface area contributed by atoms with Crippen LogP contribution in [0.15, 0.2) is 18.2 Å². The Morgan fingerprint density at radius 1 is 1.25 bits per heavy atom. The topological polar surface area (TPSA) is 66.5 Å². The van der Waals surface area contributed by atoms with E-state index in [1.807, 2.05) is 6.92 Å². The van der Waals surface area contributed by atoms with Crippen LogP contribution in [0.2, 0.25) is 10.0 Å². The summed E-state index contributed by atoms with van der Waals surface area (Å²) in [6.45, 7) is 3.40. The van der Waals surface area contributed by atoms with E-state index >= 15 is 0 Å². The number of benzene rings is 1. The molecule has 134 valence electrons. The summed E-state index contributed by atoms with van der Waals surface area (Å²) in [4.78, 5) is 12.0. The molecular weight excluding hydrogens is 371 g/mol. The molecule has 0 atom stereocenters. The number of rotatable bonds is 6. The number of nitrogens with zero attached hydrogens (tertiary/aromatic N) is 1. The Kier molecular flexibility index (Phi) is 6.92. The maximum atomic E-state index is 12.5. The zero-order chi connectivity index (χ0) is 17.7. The van der Waals surface area contributed by atoms with E-state index in [4.69, 9.17) is 23.2 Å². The number of hydrogen-bond acceptors (Lipinski definition) is 3. The number of amides is 1. The third-order valence-corrected chi connectivity index (χ3v) is 6.69. The summed E-state index contributed by atoms with van der Waals surface area (Å²) in [7, 11) is -3.43. The predicted molar refractivity (Wildman–Crippen MR) is 96.7 cm³/mol. The maximum absolute atomic E-state index is 12.5. The smallest absolute Gasteiger partial charge is 0.223 e. The maximum Gasteiger partial charge on any atom is 0.223 e. The van der Waals surface area contributed by atoms with E-state index in [0.29, 0.717) is 48.1 Å². The van der Waals surface area contributed by atoms with Crippen LogP contribution in [-0.2, 0) is 20.6 Å². The molecule has 24 heavy (non-hydrogen) atoms. The van der Waals surface area contributed by atoms with Crippen molar-refractivity contribution >= 4 is 39.1 Å². The first-order valence-electron chi connectivity index (χ1n) is 8.03. The van der Waals surface area contributed by atoms with Gasteiger partial charge in [-0.2, -0.15) is 0 Å². The lowest BCUT2D eigenvalue weighted by atomic mass is 9.97. The first kappa shape index (κ1) is 19.5. The van der Waals surface area contributed by atoms with Gasteiger partial charge in [-0.1, -0.05) is 36.2 Å². The number of sulfonamides is 1. The van der Waals surface area contributed by atoms with Gasteiger partial charge < -0.3 is 5.32 Å². The van der Waals surface area contributed by atoms with Crippen molar-refractivity contribution in [2.75, 3.05) is 19.6 Å². The fraction of sp³-hybridized carbons (Fsp3) is 0.562. The molecule has 1 N–H and O–H groups in total. The molecule has 1 saturated heterocycles. The van der Waals surface area contributed by atoms with Crippen molar-refractivity contribution in [3.05, 3.63) is 33.8 Å². The van der Waals surface area contributed by atoms with Crippen LogP contribution in [0.4, 0.5) is 0 Å². The Morgan fingerprint density at radius 2 is 1.92 bits per heavy atom. The van der Waals surface area contributed by atoms with Crippen molar-refractivity contribution in [2.24, 2.45) is 5.92 Å². The van der Waals surface area contributed by atoms with E-state index in [1.54, 1.807) is 18.2 Å². The highest BCUT2D eigenvalue weighted by Gasteiger charge is 2.31. The summed E-state index contributed by atoms with van der Waals surface area (Å²) in [6, 6.07) is 4.84. The summed E-state index contributed by atoms with van der Waals surface area (Å²) in [5, 5.41) is 3.62. The third-order valence-electron chi connectivity index (χ3n) is 4.10. The summed E-state index contributed by atoms with van der Waals surface area (Å²) >= 11 is 11.8. The highest BCUT2D eigenvalue weighted by atomic mass is 35.5. The van der Waals surface area contributed by atoms with Crippen LogP contribution >= 0.6 is 23.2 Å². The molecule has 0 aliphatic carbocycles. The second-order valence-corrected chi connectivity index (χ2v) is 8.75. The number of nitrogens with one attached hydrogen (secondary N) is 1. The van der Waals surface area contributed by atoms with Gasteiger partial charge in [-0.15, -0.1) is 0 Å². The lowest BCUT2D eigenvalue weighted by Gasteiger charge is -2.30. The van der Waals surface area contributed by atoms with Crippen molar-refractivity contribution in [3.8, 4) is 0 Å². The van der Waals surface area contributed by atoms with Crippen molar-refractivity contribution in [3.63, 3.8) is 0 Å². The van der Waals surface area contributed by atoms with E-state index in [1.165, 1.54) is 4.31 Å². The van der Waals surface area contributed by atoms with Crippen molar-refractivity contribution in [1.29, 1.82) is 0 Å². The highest BCUT2D eigenvalue weighted by molar-refractivity contribution is 7.88. The molecule has 5 nitrogen and oxygen atoms in total. The zero-order valence-corrected chi connectivity index (χ0v) is 15.9. The molecule has 1 heterocycles. The Hall–Kier alpha value is -0.820. The minimum absolute atomic E-state index is 0.0263. The first-order valence-corrected chi connectivity index (χ1v) is 10.4. The van der Waals surface area contributed by atoms with Gasteiger partial charge in [0.25, 0.3) is 0 Å². The summed E-state index contributed by atoms with van der Waals surface area (Å²) in [6.07, 6.45) is 1.99. The highest BCUT2D eigenvalue weighted by Crippen LogP contribution is 2.26. The molecule has 2 rings (SSSR count). The fourth-order valence-corrected chi connectivity index (χ4v) is 4.59. The van der Waals surface area contributed by atoms with Gasteiger partial charge in [-0.25, -0.2) is 12.7 Å². The molecule has 1 aromatic carbocycles. The monoisotopic (exact) mass is 392 g/mol. The summed E-state index contributed by atoms with van der Waals surface area (Å²) in [5.74, 6) is -0.192. The van der Waals surface area contributed by atoms with Crippen LogP contribution in [0.5, 0.6) is 0 Å². The van der Waals surface area contributed by atoms with Crippen LogP contribution in [0.1, 0.15) is 31.7 Å². The van der Waals surface area contributed by atoms with E-state index in [2.05, 4.69) is 5.32 Å². The molecule has 0 radical (unpaired) electrons. The fourth-order valence-electron chi connectivity index (χ4n) is 2.72. The lowest BCUT2D eigenvalue weighted by Crippen LogP contribution is -2.43. The summed E-state index contributed by atoms with van der Waals surface area (Å²) < 4.78 is 26.6. The molecular formula is C16H22Cl2N2O3S. The number of piperidine rings is 1. The average Bonchev–Trinajstić information content (AvgIpc) is 2.56. The molecule has 0 aromatic heterocycles. The van der Waals surface area contributed by atoms with Gasteiger partial charge >= 0.3 is 0 Å². The molecule has 1 aromatic rings. The zero-order valence-electron chi connectivity index (χ0n) is 13.6. The van der Waals surface area contributed by atoms with Crippen LogP contribution in [-0.4, -0.2) is 38.3 Å². The first-order chi connectivity index (χ1) is 11.3. The normalized spacial score (nSPS) is 17.0. The minimum Gasteiger partial charge on any atom is -0.356 e. The molecule has 1 aliphatic heterocycles. The molecule has 0 saturated carbocycles. The molecule has 0 spiro atoms. The Morgan fingerprint density at radius 3 is 2.50 bits per heavy atom. The number of halogens is 2. The molecule has 0 bridgehead atoms. The molecule has 1 fully saturated rings. The molecule has 1 aliphatic rings. The second-order valence-electron chi connectivity index (χ2n) is 5.97. The van der Waals surface area contributed by atoms with Gasteiger partial charge in [0.1, 0.15) is 0 Å². The van der Waals surface area contributed by atoms with Crippen LogP contribution in [0.3, 0.4) is 0 Å². The SMILES string of the molecule is CCCNC(=O)C1CCN(S(=O)(=O)Cc2ccc(Cl)c(Cl)c2)CC1. The number of carbonyl (C=O) groups is 1. The van der Waals surface area contributed by atoms with Gasteiger partial charge in [0.05, 0.1) is 15.8 Å². The average molecular weight is 393 g/mol. The van der Waals surface area contributed by atoms with Gasteiger partial charge in [0.15, 0.2) is 0 Å². The number of carbonyl (C=O) groups excluding carboxylic acids is 1. The molecule has 0 unspecified atom stereocenters. The minimum atomic E-state index is -3.43. The van der Waals surface area contributed by atoms with E-state index in [0.717, 1.165) is 6.42 Å². The van der Waals surface area contributed by atoms with Crippen molar-refractivity contribution in [1.82, 2.24) is 9.62 Å². The van der Waals surface area contributed by atoms with Crippen molar-refractivity contribution in [2.45, 2.75) is 31.9 Å². The Bertz CT molecular complexity index is 687. The van der Waals surface area contributed by atoms with Gasteiger partial charge in [0.2, 0.25) is 15.9 Å². The molecule has 1 amide bonds. The van der Waals surface area contributed by atoms with E-state index in [-0.39, 0.29) is 17.6 Å². The third kappa shape index (κ3) is 5.09.